The molecule has 5 nitrogen and oxygen atoms in total. The fraction of sp³-hybridized carbons (Fsp3) is 0.632. The van der Waals surface area contributed by atoms with Crippen molar-refractivity contribution < 1.29 is 19.0 Å². The second-order valence-electron chi connectivity index (χ2n) is 7.56. The monoisotopic (exact) mass is 335 g/mol. The molecule has 3 atom stereocenters. The summed E-state index contributed by atoms with van der Waals surface area (Å²) in [4.78, 5) is 12.0. The molecule has 1 heterocycles. The van der Waals surface area contributed by atoms with Gasteiger partial charge in [-0.1, -0.05) is 44.2 Å². The second kappa shape index (κ2) is 7.99. The predicted octanol–water partition coefficient (Wildman–Crippen LogP) is 3.52. The summed E-state index contributed by atoms with van der Waals surface area (Å²) in [6.45, 7) is 10.8. The van der Waals surface area contributed by atoms with Gasteiger partial charge < -0.3 is 19.5 Å². The van der Waals surface area contributed by atoms with Gasteiger partial charge in [0.05, 0.1) is 19.3 Å². The number of benzene rings is 1. The number of nitrogens with one attached hydrogen (secondary N) is 1. The molecule has 1 aromatic carbocycles. The molecule has 1 aliphatic heterocycles. The standard InChI is InChI=1S/C19H29NO4/c1-13(2)16(20-18(21)24-19(3,4)5)17-15(23-17)12-22-11-14-9-7-6-8-10-14/h6-10,13,15-17H,11-12H2,1-5H3,(H,20,21)/t15-,16+,17+/m0/s1. The molecule has 1 amide bonds. The zero-order chi connectivity index (χ0) is 17.7. The Labute approximate surface area is 144 Å². The first-order chi connectivity index (χ1) is 11.3. The lowest BCUT2D eigenvalue weighted by Crippen LogP contribution is -2.45. The molecule has 1 N–H and O–H groups in total. The van der Waals surface area contributed by atoms with Crippen LogP contribution in [0, 0.1) is 5.92 Å². The van der Waals surface area contributed by atoms with E-state index in [1.54, 1.807) is 0 Å². The fourth-order valence-corrected chi connectivity index (χ4v) is 2.55. The summed E-state index contributed by atoms with van der Waals surface area (Å²) in [5.74, 6) is 0.252. The highest BCUT2D eigenvalue weighted by Gasteiger charge is 2.47. The molecule has 0 spiro atoms. The number of amides is 1. The van der Waals surface area contributed by atoms with Gasteiger partial charge in [-0.2, -0.15) is 0 Å². The lowest BCUT2D eigenvalue weighted by molar-refractivity contribution is 0.0478. The lowest BCUT2D eigenvalue weighted by Gasteiger charge is -2.25. The van der Waals surface area contributed by atoms with E-state index in [0.717, 1.165) is 5.56 Å². The van der Waals surface area contributed by atoms with Crippen molar-refractivity contribution in [3.8, 4) is 0 Å². The summed E-state index contributed by atoms with van der Waals surface area (Å²) in [7, 11) is 0. The average molecular weight is 335 g/mol. The molecule has 1 fully saturated rings. The smallest absolute Gasteiger partial charge is 0.407 e. The molecule has 1 saturated heterocycles. The molecule has 0 aromatic heterocycles. The number of hydrogen-bond donors (Lipinski definition) is 1. The van der Waals surface area contributed by atoms with Crippen molar-refractivity contribution in [3.05, 3.63) is 35.9 Å². The Morgan fingerprint density at radius 1 is 1.25 bits per heavy atom. The topological polar surface area (TPSA) is 60.1 Å². The summed E-state index contributed by atoms with van der Waals surface area (Å²) in [5, 5.41) is 2.93. The molecular weight excluding hydrogens is 306 g/mol. The van der Waals surface area contributed by atoms with Crippen molar-refractivity contribution in [2.45, 2.75) is 65.1 Å². The van der Waals surface area contributed by atoms with Crippen LogP contribution in [-0.2, 0) is 20.8 Å². The van der Waals surface area contributed by atoms with Crippen molar-refractivity contribution in [1.29, 1.82) is 0 Å². The van der Waals surface area contributed by atoms with Gasteiger partial charge >= 0.3 is 6.09 Å². The largest absolute Gasteiger partial charge is 0.444 e. The van der Waals surface area contributed by atoms with Crippen molar-refractivity contribution in [2.24, 2.45) is 5.92 Å². The van der Waals surface area contributed by atoms with Gasteiger partial charge in [0.25, 0.3) is 0 Å². The van der Waals surface area contributed by atoms with E-state index < -0.39 is 11.7 Å². The Bertz CT molecular complexity index is 524. The number of carbonyl (C=O) groups excluding carboxylic acids is 1. The van der Waals surface area contributed by atoms with E-state index in [2.05, 4.69) is 19.2 Å². The van der Waals surface area contributed by atoms with Crippen LogP contribution in [0.3, 0.4) is 0 Å². The normalized spacial score (nSPS) is 21.4. The van der Waals surface area contributed by atoms with E-state index >= 15 is 0 Å². The molecule has 5 heteroatoms. The molecule has 134 valence electrons. The van der Waals surface area contributed by atoms with Crippen LogP contribution < -0.4 is 5.32 Å². The van der Waals surface area contributed by atoms with E-state index in [-0.39, 0.29) is 24.2 Å². The van der Waals surface area contributed by atoms with Crippen LogP contribution in [0.15, 0.2) is 30.3 Å². The number of carbonyl (C=O) groups is 1. The Hall–Kier alpha value is -1.59. The maximum atomic E-state index is 12.0. The Balaban J connectivity index is 1.76. The highest BCUT2D eigenvalue weighted by Crippen LogP contribution is 2.29. The van der Waals surface area contributed by atoms with Crippen molar-refractivity contribution in [3.63, 3.8) is 0 Å². The molecule has 1 aromatic rings. The third-order valence-electron chi connectivity index (χ3n) is 3.77. The van der Waals surface area contributed by atoms with Gasteiger partial charge in [-0.15, -0.1) is 0 Å². The van der Waals surface area contributed by atoms with E-state index in [1.807, 2.05) is 51.1 Å². The molecule has 0 saturated carbocycles. The van der Waals surface area contributed by atoms with Crippen LogP contribution in [0.1, 0.15) is 40.2 Å². The fourth-order valence-electron chi connectivity index (χ4n) is 2.55. The summed E-state index contributed by atoms with van der Waals surface area (Å²) >= 11 is 0. The summed E-state index contributed by atoms with van der Waals surface area (Å²) in [5.41, 5.74) is 0.635. The second-order valence-corrected chi connectivity index (χ2v) is 7.56. The van der Waals surface area contributed by atoms with Crippen molar-refractivity contribution in [1.82, 2.24) is 5.32 Å². The number of ether oxygens (including phenoxy) is 3. The van der Waals surface area contributed by atoms with Gasteiger partial charge in [-0.25, -0.2) is 4.79 Å². The van der Waals surface area contributed by atoms with Crippen LogP contribution in [0.2, 0.25) is 0 Å². The van der Waals surface area contributed by atoms with Crippen LogP contribution in [0.25, 0.3) is 0 Å². The van der Waals surface area contributed by atoms with Crippen LogP contribution in [0.4, 0.5) is 4.79 Å². The van der Waals surface area contributed by atoms with E-state index in [9.17, 15) is 4.79 Å². The first kappa shape index (κ1) is 18.7. The summed E-state index contributed by atoms with van der Waals surface area (Å²) in [6.07, 6.45) is -0.398. The molecule has 0 unspecified atom stereocenters. The van der Waals surface area contributed by atoms with E-state index in [4.69, 9.17) is 14.2 Å². The lowest BCUT2D eigenvalue weighted by atomic mass is 9.99. The number of alkyl carbamates (subject to hydrolysis) is 1. The molecule has 0 aliphatic carbocycles. The zero-order valence-electron chi connectivity index (χ0n) is 15.2. The van der Waals surface area contributed by atoms with Gasteiger partial charge in [0.2, 0.25) is 0 Å². The van der Waals surface area contributed by atoms with Crippen LogP contribution in [-0.4, -0.2) is 36.6 Å². The first-order valence-corrected chi connectivity index (χ1v) is 8.53. The van der Waals surface area contributed by atoms with Gasteiger partial charge in [-0.05, 0) is 32.3 Å². The molecule has 0 radical (unpaired) electrons. The summed E-state index contributed by atoms with van der Waals surface area (Å²) < 4.78 is 16.8. The van der Waals surface area contributed by atoms with E-state index in [0.29, 0.717) is 13.2 Å². The minimum absolute atomic E-state index is 0.0201. The first-order valence-electron chi connectivity index (χ1n) is 8.53. The van der Waals surface area contributed by atoms with Crippen molar-refractivity contribution in [2.75, 3.05) is 6.61 Å². The molecular formula is C19H29NO4. The number of rotatable bonds is 7. The number of hydrogen-bond acceptors (Lipinski definition) is 4. The predicted molar refractivity (Wildman–Crippen MR) is 92.8 cm³/mol. The molecule has 0 bridgehead atoms. The van der Waals surface area contributed by atoms with E-state index in [1.165, 1.54) is 0 Å². The quantitative estimate of drug-likeness (QED) is 0.775. The minimum atomic E-state index is -0.506. The highest BCUT2D eigenvalue weighted by atomic mass is 16.6. The van der Waals surface area contributed by atoms with Crippen molar-refractivity contribution >= 4 is 6.09 Å². The summed E-state index contributed by atoms with van der Waals surface area (Å²) in [6, 6.07) is 9.96. The maximum Gasteiger partial charge on any atom is 0.407 e. The molecule has 2 rings (SSSR count). The number of epoxide rings is 1. The zero-order valence-corrected chi connectivity index (χ0v) is 15.2. The van der Waals surface area contributed by atoms with Gasteiger partial charge in [0, 0.05) is 0 Å². The third kappa shape index (κ3) is 6.13. The Morgan fingerprint density at radius 2 is 1.92 bits per heavy atom. The Kier molecular flexibility index (Phi) is 6.24. The Morgan fingerprint density at radius 3 is 2.50 bits per heavy atom. The molecule has 24 heavy (non-hydrogen) atoms. The van der Waals surface area contributed by atoms with Gasteiger partial charge in [0.1, 0.15) is 17.8 Å². The average Bonchev–Trinajstić information content (AvgIpc) is 3.23. The van der Waals surface area contributed by atoms with Gasteiger partial charge in [0.15, 0.2) is 0 Å². The third-order valence-corrected chi connectivity index (χ3v) is 3.77. The maximum absolute atomic E-state index is 12.0. The molecule has 1 aliphatic rings. The SMILES string of the molecule is CC(C)[C@@H](NC(=O)OC(C)(C)C)[C@@H]1O[C@H]1COCc1ccccc1. The van der Waals surface area contributed by atoms with Gasteiger partial charge in [-0.3, -0.25) is 0 Å². The van der Waals surface area contributed by atoms with Crippen LogP contribution >= 0.6 is 0 Å². The minimum Gasteiger partial charge on any atom is -0.444 e. The highest BCUT2D eigenvalue weighted by molar-refractivity contribution is 5.68. The van der Waals surface area contributed by atoms with Crippen LogP contribution in [0.5, 0.6) is 0 Å².